The second-order valence-electron chi connectivity index (χ2n) is 5.79. The second-order valence-corrected chi connectivity index (χ2v) is 5.79. The molecular weight excluding hydrogens is 336 g/mol. The number of phenols is 2. The van der Waals surface area contributed by atoms with Crippen molar-refractivity contribution in [2.24, 2.45) is 0 Å². The number of amides is 2. The van der Waals surface area contributed by atoms with Crippen LogP contribution >= 0.6 is 0 Å². The molecule has 0 heterocycles. The van der Waals surface area contributed by atoms with Crippen molar-refractivity contribution in [1.82, 2.24) is 10.6 Å². The first-order valence-corrected chi connectivity index (χ1v) is 8.21. The molecule has 1 atom stereocenters. The van der Waals surface area contributed by atoms with Crippen LogP contribution in [0.25, 0.3) is 0 Å². The van der Waals surface area contributed by atoms with Crippen molar-refractivity contribution in [2.45, 2.75) is 26.0 Å². The van der Waals surface area contributed by atoms with Crippen molar-refractivity contribution >= 4 is 12.0 Å². The van der Waals surface area contributed by atoms with Gasteiger partial charge in [-0.05, 0) is 36.6 Å². The number of rotatable bonds is 7. The molecule has 0 spiro atoms. The van der Waals surface area contributed by atoms with Crippen molar-refractivity contribution < 1.29 is 24.5 Å². The lowest BCUT2D eigenvalue weighted by molar-refractivity contribution is -0.122. The highest BCUT2D eigenvalue weighted by molar-refractivity contribution is 5.85. The maximum absolute atomic E-state index is 12.0. The third kappa shape index (κ3) is 6.01. The first-order chi connectivity index (χ1) is 12.5. The lowest BCUT2D eigenvalue weighted by atomic mass is 10.1. The highest BCUT2D eigenvalue weighted by Crippen LogP contribution is 2.24. The summed E-state index contributed by atoms with van der Waals surface area (Å²) >= 11 is 0. The van der Waals surface area contributed by atoms with E-state index in [4.69, 9.17) is 4.74 Å². The minimum absolute atomic E-state index is 0.130. The number of carbonyl (C=O) groups is 2. The Labute approximate surface area is 151 Å². The Morgan fingerprint density at radius 3 is 2.46 bits per heavy atom. The smallest absolute Gasteiger partial charge is 0.408 e. The molecule has 0 saturated heterocycles. The van der Waals surface area contributed by atoms with Gasteiger partial charge in [0.2, 0.25) is 5.91 Å². The number of carbonyl (C=O) groups excluding carboxylic acids is 2. The predicted octanol–water partition coefficient (Wildman–Crippen LogP) is 2.07. The first-order valence-electron chi connectivity index (χ1n) is 8.21. The minimum Gasteiger partial charge on any atom is -0.504 e. The molecule has 0 unspecified atom stereocenters. The monoisotopic (exact) mass is 358 g/mol. The number of aromatic hydroxyl groups is 2. The summed E-state index contributed by atoms with van der Waals surface area (Å²) in [6.45, 7) is 2.02. The first kappa shape index (κ1) is 19.1. The van der Waals surface area contributed by atoms with Gasteiger partial charge >= 0.3 is 6.09 Å². The Morgan fingerprint density at radius 1 is 1.04 bits per heavy atom. The zero-order valence-electron chi connectivity index (χ0n) is 14.4. The Kier molecular flexibility index (Phi) is 6.84. The number of alkyl carbamates (subject to hydrolysis) is 1. The summed E-state index contributed by atoms with van der Waals surface area (Å²) in [5.74, 6) is -0.737. The Hall–Kier alpha value is -3.22. The highest BCUT2D eigenvalue weighted by atomic mass is 16.5. The lowest BCUT2D eigenvalue weighted by Crippen LogP contribution is -2.45. The van der Waals surface area contributed by atoms with Gasteiger partial charge in [-0.25, -0.2) is 4.79 Å². The summed E-state index contributed by atoms with van der Waals surface area (Å²) in [5, 5.41) is 23.8. The van der Waals surface area contributed by atoms with Crippen LogP contribution in [0.5, 0.6) is 11.5 Å². The van der Waals surface area contributed by atoms with Crippen LogP contribution in [0.2, 0.25) is 0 Å². The van der Waals surface area contributed by atoms with E-state index in [-0.39, 0.29) is 24.0 Å². The van der Waals surface area contributed by atoms with Crippen molar-refractivity contribution in [2.75, 3.05) is 6.54 Å². The average Bonchev–Trinajstić information content (AvgIpc) is 2.63. The van der Waals surface area contributed by atoms with Crippen LogP contribution in [-0.4, -0.2) is 34.8 Å². The summed E-state index contributed by atoms with van der Waals surface area (Å²) in [5.41, 5.74) is 1.63. The maximum atomic E-state index is 12.0. The van der Waals surface area contributed by atoms with Crippen LogP contribution in [0.15, 0.2) is 48.5 Å². The fraction of sp³-hybridized carbons (Fsp3) is 0.263. The number of nitrogens with one attached hydrogen (secondary N) is 2. The van der Waals surface area contributed by atoms with E-state index in [9.17, 15) is 19.8 Å². The van der Waals surface area contributed by atoms with Crippen molar-refractivity contribution in [3.05, 3.63) is 59.7 Å². The van der Waals surface area contributed by atoms with Gasteiger partial charge in [0.15, 0.2) is 11.5 Å². The molecule has 0 aliphatic rings. The van der Waals surface area contributed by atoms with Crippen LogP contribution in [0.3, 0.4) is 0 Å². The SMILES string of the molecule is C[C@H](NC(=O)OCc1ccccc1)C(=O)NCCc1ccc(O)c(O)c1. The molecule has 0 aromatic heterocycles. The number of benzene rings is 2. The van der Waals surface area contributed by atoms with E-state index in [2.05, 4.69) is 10.6 Å². The van der Waals surface area contributed by atoms with E-state index in [1.165, 1.54) is 12.1 Å². The van der Waals surface area contributed by atoms with E-state index >= 15 is 0 Å². The van der Waals surface area contributed by atoms with Crippen LogP contribution in [-0.2, 0) is 22.6 Å². The molecule has 0 aliphatic carbocycles. The zero-order valence-corrected chi connectivity index (χ0v) is 14.4. The third-order valence-electron chi connectivity index (χ3n) is 3.69. The van der Waals surface area contributed by atoms with Crippen molar-refractivity contribution in [3.63, 3.8) is 0 Å². The zero-order chi connectivity index (χ0) is 18.9. The summed E-state index contributed by atoms with van der Waals surface area (Å²) in [7, 11) is 0. The normalized spacial score (nSPS) is 11.4. The molecule has 138 valence electrons. The van der Waals surface area contributed by atoms with Crippen molar-refractivity contribution in [3.8, 4) is 11.5 Å². The molecular formula is C19H22N2O5. The van der Waals surface area contributed by atoms with Crippen LogP contribution in [0.1, 0.15) is 18.1 Å². The molecule has 0 saturated carbocycles. The molecule has 7 nitrogen and oxygen atoms in total. The average molecular weight is 358 g/mol. The lowest BCUT2D eigenvalue weighted by Gasteiger charge is -2.14. The molecule has 7 heteroatoms. The Morgan fingerprint density at radius 2 is 1.77 bits per heavy atom. The summed E-state index contributed by atoms with van der Waals surface area (Å²) in [6.07, 6.45) is -0.190. The summed E-state index contributed by atoms with van der Waals surface area (Å²) < 4.78 is 5.07. The number of phenolic OH excluding ortho intramolecular Hbond substituents is 2. The number of hydrogen-bond acceptors (Lipinski definition) is 5. The molecule has 26 heavy (non-hydrogen) atoms. The molecule has 2 amide bonds. The molecule has 2 aromatic rings. The van der Waals surface area contributed by atoms with Crippen LogP contribution in [0, 0.1) is 0 Å². The largest absolute Gasteiger partial charge is 0.504 e. The van der Waals surface area contributed by atoms with E-state index in [1.807, 2.05) is 30.3 Å². The molecule has 2 aromatic carbocycles. The van der Waals surface area contributed by atoms with Crippen LogP contribution < -0.4 is 10.6 Å². The van der Waals surface area contributed by atoms with Gasteiger partial charge in [-0.3, -0.25) is 4.79 Å². The number of ether oxygens (including phenoxy) is 1. The van der Waals surface area contributed by atoms with Gasteiger partial charge in [-0.15, -0.1) is 0 Å². The van der Waals surface area contributed by atoms with E-state index in [0.717, 1.165) is 11.1 Å². The van der Waals surface area contributed by atoms with Gasteiger partial charge < -0.3 is 25.6 Å². The second kappa shape index (κ2) is 9.31. The van der Waals surface area contributed by atoms with Gasteiger partial charge in [-0.2, -0.15) is 0 Å². The topological polar surface area (TPSA) is 108 Å². The molecule has 0 fully saturated rings. The fourth-order valence-electron chi connectivity index (χ4n) is 2.21. The predicted molar refractivity (Wildman–Crippen MR) is 95.7 cm³/mol. The van der Waals surface area contributed by atoms with Gasteiger partial charge in [0.1, 0.15) is 12.6 Å². The van der Waals surface area contributed by atoms with E-state index in [0.29, 0.717) is 13.0 Å². The third-order valence-corrected chi connectivity index (χ3v) is 3.69. The Bertz CT molecular complexity index is 749. The quantitative estimate of drug-likeness (QED) is 0.567. The summed E-state index contributed by atoms with van der Waals surface area (Å²) in [4.78, 5) is 23.7. The maximum Gasteiger partial charge on any atom is 0.408 e. The molecule has 0 radical (unpaired) electrons. The standard InChI is InChI=1S/C19H22N2O5/c1-13(21-19(25)26-12-15-5-3-2-4-6-15)18(24)20-10-9-14-7-8-16(22)17(23)11-14/h2-8,11,13,22-23H,9-10,12H2,1H3,(H,20,24)(H,21,25)/t13-/m0/s1. The Balaban J connectivity index is 1.69. The molecule has 0 aliphatic heterocycles. The van der Waals surface area contributed by atoms with Crippen molar-refractivity contribution in [1.29, 1.82) is 0 Å². The molecule has 2 rings (SSSR count). The summed E-state index contributed by atoms with van der Waals surface area (Å²) in [6, 6.07) is 13.0. The van der Waals surface area contributed by atoms with Gasteiger partial charge in [0.05, 0.1) is 0 Å². The van der Waals surface area contributed by atoms with Crippen LogP contribution in [0.4, 0.5) is 4.79 Å². The highest BCUT2D eigenvalue weighted by Gasteiger charge is 2.16. The minimum atomic E-state index is -0.744. The molecule has 0 bridgehead atoms. The fourth-order valence-corrected chi connectivity index (χ4v) is 2.21. The van der Waals surface area contributed by atoms with Gasteiger partial charge in [-0.1, -0.05) is 36.4 Å². The van der Waals surface area contributed by atoms with Gasteiger partial charge in [0, 0.05) is 6.54 Å². The van der Waals surface area contributed by atoms with E-state index < -0.39 is 12.1 Å². The van der Waals surface area contributed by atoms with Gasteiger partial charge in [0.25, 0.3) is 0 Å². The number of hydrogen-bond donors (Lipinski definition) is 4. The molecule has 4 N–H and O–H groups in total. The van der Waals surface area contributed by atoms with E-state index in [1.54, 1.807) is 13.0 Å².